The number of halogens is 7. The number of rotatable bonds is 9. The van der Waals surface area contributed by atoms with Gasteiger partial charge >= 0.3 is 12.8 Å². The normalized spacial score (nSPS) is 12.6. The third-order valence-corrected chi connectivity index (χ3v) is 5.02. The van der Waals surface area contributed by atoms with Gasteiger partial charge in [-0.25, -0.2) is 4.39 Å². The topological polar surface area (TPSA) is 27.7 Å². The molecule has 0 aliphatic rings. The van der Waals surface area contributed by atoms with Crippen molar-refractivity contribution in [2.75, 3.05) is 6.61 Å². The van der Waals surface area contributed by atoms with E-state index in [4.69, 9.17) is 9.47 Å². The Morgan fingerprint density at radius 1 is 0.848 bits per heavy atom. The molecular formula is C23H17BrF6O3. The van der Waals surface area contributed by atoms with Gasteiger partial charge in [0.25, 0.3) is 0 Å². The molecule has 0 spiro atoms. The summed E-state index contributed by atoms with van der Waals surface area (Å²) in [6.07, 6.45) is -4.64. The van der Waals surface area contributed by atoms with Crippen LogP contribution in [0.25, 0.3) is 0 Å². The largest absolute Gasteiger partial charge is 0.454 e. The summed E-state index contributed by atoms with van der Waals surface area (Å²) < 4.78 is 94.9. The molecule has 0 saturated carbocycles. The van der Waals surface area contributed by atoms with E-state index in [1.807, 2.05) is 0 Å². The second-order valence-corrected chi connectivity index (χ2v) is 7.79. The molecule has 176 valence electrons. The Morgan fingerprint density at radius 3 is 2.09 bits per heavy atom. The zero-order valence-electron chi connectivity index (χ0n) is 16.8. The highest BCUT2D eigenvalue weighted by atomic mass is 79.9. The van der Waals surface area contributed by atoms with Gasteiger partial charge in [0.15, 0.2) is 11.6 Å². The van der Waals surface area contributed by atoms with Gasteiger partial charge in [0.05, 0.1) is 13.2 Å². The van der Waals surface area contributed by atoms with E-state index in [1.54, 1.807) is 24.3 Å². The molecule has 1 atom stereocenters. The van der Waals surface area contributed by atoms with E-state index in [9.17, 15) is 26.3 Å². The average molecular weight is 535 g/mol. The molecule has 0 bridgehead atoms. The molecule has 0 saturated heterocycles. The summed E-state index contributed by atoms with van der Waals surface area (Å²) in [6, 6.07) is 14.7. The molecule has 1 unspecified atom stereocenters. The van der Waals surface area contributed by atoms with Crippen LogP contribution < -0.4 is 9.47 Å². The molecular weight excluding hydrogens is 518 g/mol. The van der Waals surface area contributed by atoms with Crippen molar-refractivity contribution in [3.63, 3.8) is 0 Å². The van der Waals surface area contributed by atoms with Gasteiger partial charge in [0, 0.05) is 4.47 Å². The van der Waals surface area contributed by atoms with Crippen LogP contribution in [-0.4, -0.2) is 19.4 Å². The Hall–Kier alpha value is -2.72. The molecule has 0 heterocycles. The van der Waals surface area contributed by atoms with Crippen molar-refractivity contribution in [1.82, 2.24) is 0 Å². The molecule has 0 N–H and O–H groups in total. The molecule has 3 aromatic carbocycles. The lowest BCUT2D eigenvalue weighted by Gasteiger charge is -2.21. The van der Waals surface area contributed by atoms with Gasteiger partial charge in [-0.3, -0.25) is 0 Å². The van der Waals surface area contributed by atoms with Crippen molar-refractivity contribution >= 4 is 15.9 Å². The fourth-order valence-electron chi connectivity index (χ4n) is 2.90. The Bertz CT molecular complexity index is 1040. The Kier molecular flexibility index (Phi) is 8.25. The fraction of sp³-hybridized carbons (Fsp3) is 0.217. The van der Waals surface area contributed by atoms with E-state index >= 15 is 0 Å². The minimum absolute atomic E-state index is 0.0968. The van der Waals surface area contributed by atoms with Gasteiger partial charge in [0.2, 0.25) is 0 Å². The molecule has 0 amide bonds. The van der Waals surface area contributed by atoms with Crippen LogP contribution >= 0.6 is 15.9 Å². The maximum absolute atomic E-state index is 14.1. The third-order valence-electron chi connectivity index (χ3n) is 4.49. The van der Waals surface area contributed by atoms with Crippen LogP contribution in [0, 0.1) is 5.82 Å². The molecule has 0 radical (unpaired) electrons. The monoisotopic (exact) mass is 534 g/mol. The highest BCUT2D eigenvalue weighted by molar-refractivity contribution is 9.10. The smallest absolute Gasteiger partial charge is 0.397 e. The van der Waals surface area contributed by atoms with Gasteiger partial charge in [-0.1, -0.05) is 34.1 Å². The van der Waals surface area contributed by atoms with Crippen LogP contribution in [0.3, 0.4) is 0 Å². The Morgan fingerprint density at radius 2 is 1.48 bits per heavy atom. The second kappa shape index (κ2) is 10.9. The molecule has 0 fully saturated rings. The summed E-state index contributed by atoms with van der Waals surface area (Å²) in [4.78, 5) is 0. The van der Waals surface area contributed by atoms with Crippen LogP contribution in [0.15, 0.2) is 71.2 Å². The Labute approximate surface area is 194 Å². The summed E-state index contributed by atoms with van der Waals surface area (Å²) >= 11 is 3.28. The first kappa shape index (κ1) is 24.9. The number of alkyl halides is 5. The van der Waals surface area contributed by atoms with Gasteiger partial charge in [0.1, 0.15) is 17.4 Å². The quantitative estimate of drug-likeness (QED) is 0.261. The standard InChI is InChI=1S/C23H17BrF6O3/c24-16-4-8-17(9-5-16)32-21-11-14(1-10-20(21)25)12-31-13-19(23(28,29)30)15-2-6-18(7-3-15)33-22(26)27/h1-11,19,22H,12-13H2. The number of hydrogen-bond donors (Lipinski definition) is 0. The molecule has 0 aliphatic carbocycles. The molecule has 0 aromatic heterocycles. The van der Waals surface area contributed by atoms with Crippen LogP contribution in [-0.2, 0) is 11.3 Å². The first-order chi connectivity index (χ1) is 15.6. The van der Waals surface area contributed by atoms with Crippen molar-refractivity contribution in [3.05, 3.63) is 88.1 Å². The lowest BCUT2D eigenvalue weighted by Crippen LogP contribution is -2.25. The minimum Gasteiger partial charge on any atom is -0.454 e. The molecule has 33 heavy (non-hydrogen) atoms. The van der Waals surface area contributed by atoms with Crippen molar-refractivity contribution in [2.45, 2.75) is 25.3 Å². The molecule has 3 nitrogen and oxygen atoms in total. The first-order valence-electron chi connectivity index (χ1n) is 9.53. The zero-order chi connectivity index (χ0) is 24.0. The van der Waals surface area contributed by atoms with Gasteiger partial charge in [-0.15, -0.1) is 0 Å². The summed E-state index contributed by atoms with van der Waals surface area (Å²) in [5.74, 6) is -2.59. The fourth-order valence-corrected chi connectivity index (χ4v) is 3.17. The zero-order valence-corrected chi connectivity index (χ0v) is 18.4. The summed E-state index contributed by atoms with van der Waals surface area (Å²) in [5, 5.41) is 0. The van der Waals surface area contributed by atoms with Crippen LogP contribution in [0.2, 0.25) is 0 Å². The van der Waals surface area contributed by atoms with E-state index in [1.165, 1.54) is 12.1 Å². The van der Waals surface area contributed by atoms with Crippen molar-refractivity contribution < 1.29 is 40.6 Å². The number of ether oxygens (including phenoxy) is 3. The summed E-state index contributed by atoms with van der Waals surface area (Å²) in [6.45, 7) is -4.03. The van der Waals surface area contributed by atoms with Crippen LogP contribution in [0.1, 0.15) is 17.0 Å². The third kappa shape index (κ3) is 7.40. The van der Waals surface area contributed by atoms with E-state index in [0.29, 0.717) is 11.3 Å². The average Bonchev–Trinajstić information content (AvgIpc) is 2.74. The highest BCUT2D eigenvalue weighted by Gasteiger charge is 2.40. The van der Waals surface area contributed by atoms with Crippen LogP contribution in [0.5, 0.6) is 17.2 Å². The predicted octanol–water partition coefficient (Wildman–Crippen LogP) is 7.84. The van der Waals surface area contributed by atoms with E-state index in [-0.39, 0.29) is 23.7 Å². The van der Waals surface area contributed by atoms with Gasteiger partial charge in [-0.2, -0.15) is 22.0 Å². The maximum Gasteiger partial charge on any atom is 0.397 e. The second-order valence-electron chi connectivity index (χ2n) is 6.88. The van der Waals surface area contributed by atoms with Gasteiger partial charge in [-0.05, 0) is 59.7 Å². The van der Waals surface area contributed by atoms with Crippen molar-refractivity contribution in [1.29, 1.82) is 0 Å². The van der Waals surface area contributed by atoms with E-state index in [2.05, 4.69) is 20.7 Å². The molecule has 10 heteroatoms. The first-order valence-corrected chi connectivity index (χ1v) is 10.3. The van der Waals surface area contributed by atoms with Crippen LogP contribution in [0.4, 0.5) is 26.3 Å². The van der Waals surface area contributed by atoms with Crippen molar-refractivity contribution in [3.8, 4) is 17.2 Å². The van der Waals surface area contributed by atoms with Gasteiger partial charge < -0.3 is 14.2 Å². The molecule has 3 aromatic rings. The van der Waals surface area contributed by atoms with E-state index < -0.39 is 31.1 Å². The summed E-state index contributed by atoms with van der Waals surface area (Å²) in [7, 11) is 0. The number of benzene rings is 3. The summed E-state index contributed by atoms with van der Waals surface area (Å²) in [5.41, 5.74) is 0.243. The number of hydrogen-bond acceptors (Lipinski definition) is 3. The highest BCUT2D eigenvalue weighted by Crippen LogP contribution is 2.36. The molecule has 3 rings (SSSR count). The van der Waals surface area contributed by atoms with E-state index in [0.717, 1.165) is 34.8 Å². The van der Waals surface area contributed by atoms with Crippen molar-refractivity contribution in [2.24, 2.45) is 0 Å². The Balaban J connectivity index is 1.65. The SMILES string of the molecule is Fc1ccc(COCC(c2ccc(OC(F)F)cc2)C(F)(F)F)cc1Oc1ccc(Br)cc1. The lowest BCUT2D eigenvalue weighted by molar-refractivity contribution is -0.163. The predicted molar refractivity (Wildman–Crippen MR) is 112 cm³/mol. The maximum atomic E-state index is 14.1. The minimum atomic E-state index is -4.64. The lowest BCUT2D eigenvalue weighted by atomic mass is 9.99. The molecule has 0 aliphatic heterocycles.